The van der Waals surface area contributed by atoms with Crippen molar-refractivity contribution < 1.29 is 22.7 Å². The Balaban J connectivity index is 3.39. The van der Waals surface area contributed by atoms with Gasteiger partial charge < -0.3 is 10.5 Å². The van der Waals surface area contributed by atoms with Crippen molar-refractivity contribution >= 4 is 12.1 Å². The summed E-state index contributed by atoms with van der Waals surface area (Å²) < 4.78 is 41.6. The van der Waals surface area contributed by atoms with Crippen molar-refractivity contribution in [2.45, 2.75) is 6.18 Å². The highest BCUT2D eigenvalue weighted by Gasteiger charge is 2.34. The molecule has 0 spiro atoms. The van der Waals surface area contributed by atoms with E-state index in [1.807, 2.05) is 0 Å². The zero-order chi connectivity index (χ0) is 11.6. The second-order valence-corrected chi connectivity index (χ2v) is 2.64. The van der Waals surface area contributed by atoms with Crippen molar-refractivity contribution in [3.8, 4) is 5.88 Å². The SMILES string of the molecule is COc1nc(N)c(C(F)(F)F)cc1C=O. The maximum Gasteiger partial charge on any atom is 0.419 e. The fourth-order valence-corrected chi connectivity index (χ4v) is 1.00. The Kier molecular flexibility index (Phi) is 2.83. The van der Waals surface area contributed by atoms with Crippen molar-refractivity contribution in [3.63, 3.8) is 0 Å². The van der Waals surface area contributed by atoms with Crippen molar-refractivity contribution in [1.82, 2.24) is 4.98 Å². The molecule has 1 rings (SSSR count). The van der Waals surface area contributed by atoms with Crippen LogP contribution in [0.15, 0.2) is 6.07 Å². The lowest BCUT2D eigenvalue weighted by atomic mass is 10.2. The Morgan fingerprint density at radius 2 is 2.13 bits per heavy atom. The van der Waals surface area contributed by atoms with Gasteiger partial charge in [0.25, 0.3) is 0 Å². The van der Waals surface area contributed by atoms with E-state index in [0.29, 0.717) is 6.07 Å². The molecular formula is C8H7F3N2O2. The molecule has 4 nitrogen and oxygen atoms in total. The Hall–Kier alpha value is -1.79. The predicted molar refractivity (Wildman–Crippen MR) is 45.6 cm³/mol. The first-order chi connectivity index (χ1) is 6.90. The summed E-state index contributed by atoms with van der Waals surface area (Å²) in [7, 11) is 1.18. The first-order valence-electron chi connectivity index (χ1n) is 3.77. The zero-order valence-corrected chi connectivity index (χ0v) is 7.63. The molecule has 82 valence electrons. The molecule has 7 heteroatoms. The molecule has 1 aromatic heterocycles. The number of carbonyl (C=O) groups is 1. The molecule has 2 N–H and O–H groups in total. The summed E-state index contributed by atoms with van der Waals surface area (Å²) in [5.74, 6) is -0.944. The number of nitrogens with zero attached hydrogens (tertiary/aromatic N) is 1. The monoisotopic (exact) mass is 220 g/mol. The molecular weight excluding hydrogens is 213 g/mol. The van der Waals surface area contributed by atoms with E-state index in [1.54, 1.807) is 0 Å². The topological polar surface area (TPSA) is 65.2 Å². The Bertz CT molecular complexity index is 390. The van der Waals surface area contributed by atoms with E-state index in [2.05, 4.69) is 9.72 Å². The average molecular weight is 220 g/mol. The van der Waals surface area contributed by atoms with E-state index in [0.717, 1.165) is 0 Å². The van der Waals surface area contributed by atoms with E-state index >= 15 is 0 Å². The number of alkyl halides is 3. The third-order valence-corrected chi connectivity index (χ3v) is 1.67. The van der Waals surface area contributed by atoms with Gasteiger partial charge in [-0.05, 0) is 6.07 Å². The number of hydrogen-bond donors (Lipinski definition) is 1. The van der Waals surface area contributed by atoms with E-state index in [9.17, 15) is 18.0 Å². The largest absolute Gasteiger partial charge is 0.480 e. The van der Waals surface area contributed by atoms with Gasteiger partial charge in [0, 0.05) is 0 Å². The van der Waals surface area contributed by atoms with Crippen LogP contribution in [0.4, 0.5) is 19.0 Å². The number of nitrogens with two attached hydrogens (primary N) is 1. The van der Waals surface area contributed by atoms with Gasteiger partial charge in [0.1, 0.15) is 5.82 Å². The number of methoxy groups -OCH3 is 1. The summed E-state index contributed by atoms with van der Waals surface area (Å²) >= 11 is 0. The van der Waals surface area contributed by atoms with Crippen LogP contribution >= 0.6 is 0 Å². The van der Waals surface area contributed by atoms with E-state index in [1.165, 1.54) is 7.11 Å². The number of aromatic nitrogens is 1. The molecule has 1 aromatic rings. The number of halogens is 3. The molecule has 0 bridgehead atoms. The minimum absolute atomic E-state index is 0.223. The van der Waals surface area contributed by atoms with Crippen LogP contribution in [0, 0.1) is 0 Å². The lowest BCUT2D eigenvalue weighted by molar-refractivity contribution is -0.137. The van der Waals surface area contributed by atoms with Crippen LogP contribution in [0.1, 0.15) is 15.9 Å². The van der Waals surface area contributed by atoms with Crippen LogP contribution in [-0.2, 0) is 6.18 Å². The first kappa shape index (κ1) is 11.3. The number of aldehydes is 1. The minimum atomic E-state index is -4.64. The van der Waals surface area contributed by atoms with Gasteiger partial charge in [-0.2, -0.15) is 18.2 Å². The summed E-state index contributed by atoms with van der Waals surface area (Å²) in [4.78, 5) is 13.8. The summed E-state index contributed by atoms with van der Waals surface area (Å²) in [6, 6.07) is 0.605. The number of hydrogen-bond acceptors (Lipinski definition) is 4. The van der Waals surface area contributed by atoms with Gasteiger partial charge in [-0.1, -0.05) is 0 Å². The Labute approximate surface area is 82.9 Å². The highest BCUT2D eigenvalue weighted by Crippen LogP contribution is 2.34. The second kappa shape index (κ2) is 3.76. The smallest absolute Gasteiger partial charge is 0.419 e. The molecule has 0 radical (unpaired) electrons. The third-order valence-electron chi connectivity index (χ3n) is 1.67. The fraction of sp³-hybridized carbons (Fsp3) is 0.250. The first-order valence-corrected chi connectivity index (χ1v) is 3.77. The van der Waals surface area contributed by atoms with Crippen LogP contribution in [0.25, 0.3) is 0 Å². The van der Waals surface area contributed by atoms with Crippen LogP contribution in [0.3, 0.4) is 0 Å². The number of carbonyl (C=O) groups excluding carboxylic acids is 1. The summed E-state index contributed by atoms with van der Waals surface area (Å²) in [5.41, 5.74) is 3.64. The third kappa shape index (κ3) is 2.17. The molecule has 0 saturated heterocycles. The van der Waals surface area contributed by atoms with Crippen LogP contribution < -0.4 is 10.5 Å². The molecule has 0 fully saturated rings. The lowest BCUT2D eigenvalue weighted by Gasteiger charge is -2.11. The minimum Gasteiger partial charge on any atom is -0.480 e. The van der Waals surface area contributed by atoms with Gasteiger partial charge in [0.2, 0.25) is 5.88 Å². The lowest BCUT2D eigenvalue weighted by Crippen LogP contribution is -2.12. The maximum absolute atomic E-state index is 12.3. The van der Waals surface area contributed by atoms with E-state index in [4.69, 9.17) is 5.73 Å². The summed E-state index contributed by atoms with van der Waals surface area (Å²) in [6.07, 6.45) is -4.42. The molecule has 0 aliphatic carbocycles. The molecule has 0 saturated carbocycles. The highest BCUT2D eigenvalue weighted by atomic mass is 19.4. The van der Waals surface area contributed by atoms with Crippen LogP contribution in [-0.4, -0.2) is 18.4 Å². The molecule has 0 atom stereocenters. The molecule has 1 heterocycles. The van der Waals surface area contributed by atoms with Crippen molar-refractivity contribution in [2.75, 3.05) is 12.8 Å². The number of nitrogen functional groups attached to an aromatic ring is 1. The Morgan fingerprint density at radius 3 is 2.53 bits per heavy atom. The number of rotatable bonds is 2. The van der Waals surface area contributed by atoms with Gasteiger partial charge in [0.05, 0.1) is 18.2 Å². The van der Waals surface area contributed by atoms with Gasteiger partial charge in [-0.25, -0.2) is 0 Å². The van der Waals surface area contributed by atoms with Crippen molar-refractivity contribution in [3.05, 3.63) is 17.2 Å². The van der Waals surface area contributed by atoms with E-state index in [-0.39, 0.29) is 17.7 Å². The molecule has 0 unspecified atom stereocenters. The molecule has 0 aliphatic heterocycles. The number of pyridine rings is 1. The summed E-state index contributed by atoms with van der Waals surface area (Å²) in [6.45, 7) is 0. The van der Waals surface area contributed by atoms with Gasteiger partial charge in [-0.15, -0.1) is 0 Å². The molecule has 15 heavy (non-hydrogen) atoms. The number of anilines is 1. The predicted octanol–water partition coefficient (Wildman–Crippen LogP) is 1.50. The second-order valence-electron chi connectivity index (χ2n) is 2.64. The molecule has 0 amide bonds. The normalized spacial score (nSPS) is 11.2. The Morgan fingerprint density at radius 1 is 1.53 bits per heavy atom. The van der Waals surface area contributed by atoms with Gasteiger partial charge in [0.15, 0.2) is 6.29 Å². The van der Waals surface area contributed by atoms with Crippen molar-refractivity contribution in [2.24, 2.45) is 0 Å². The fourth-order valence-electron chi connectivity index (χ4n) is 1.00. The van der Waals surface area contributed by atoms with Crippen molar-refractivity contribution in [1.29, 1.82) is 0 Å². The van der Waals surface area contributed by atoms with Gasteiger partial charge >= 0.3 is 6.18 Å². The van der Waals surface area contributed by atoms with Gasteiger partial charge in [-0.3, -0.25) is 4.79 Å². The van der Waals surface area contributed by atoms with Crippen LogP contribution in [0.5, 0.6) is 5.88 Å². The van der Waals surface area contributed by atoms with E-state index < -0.39 is 17.6 Å². The number of ether oxygens (including phenoxy) is 1. The molecule has 0 aromatic carbocycles. The summed E-state index contributed by atoms with van der Waals surface area (Å²) in [5, 5.41) is 0. The molecule has 0 aliphatic rings. The zero-order valence-electron chi connectivity index (χ0n) is 7.63. The quantitative estimate of drug-likeness (QED) is 0.767. The average Bonchev–Trinajstić information content (AvgIpc) is 2.15. The highest BCUT2D eigenvalue weighted by molar-refractivity contribution is 5.79. The maximum atomic E-state index is 12.3. The standard InChI is InChI=1S/C8H7F3N2O2/c1-15-7-4(3-14)2-5(6(12)13-7)8(9,10)11/h2-3H,1H3,(H2,12,13). The van der Waals surface area contributed by atoms with Crippen LogP contribution in [0.2, 0.25) is 0 Å².